The first kappa shape index (κ1) is 19.5. The number of carbonyl (C=O) groups excluding carboxylic acids is 1. The van der Waals surface area contributed by atoms with Crippen LogP contribution in [0.2, 0.25) is 0 Å². The summed E-state index contributed by atoms with van der Waals surface area (Å²) < 4.78 is 0. The van der Waals surface area contributed by atoms with Crippen LogP contribution < -0.4 is 10.9 Å². The number of benzene rings is 2. The second kappa shape index (κ2) is 8.60. The van der Waals surface area contributed by atoms with Crippen LogP contribution in [-0.4, -0.2) is 5.91 Å². The quantitative estimate of drug-likeness (QED) is 0.586. The van der Waals surface area contributed by atoms with Crippen molar-refractivity contribution in [3.8, 4) is 0 Å². The van der Waals surface area contributed by atoms with E-state index in [-0.39, 0.29) is 5.91 Å². The maximum Gasteiger partial charge on any atom is 0.249 e. The molecule has 2 aromatic carbocycles. The molecular formula is C24H32N2O. The fourth-order valence-electron chi connectivity index (χ4n) is 3.68. The lowest BCUT2D eigenvalue weighted by atomic mass is 9.88. The highest BCUT2D eigenvalue weighted by Crippen LogP contribution is 2.31. The van der Waals surface area contributed by atoms with E-state index in [4.69, 9.17) is 0 Å². The third kappa shape index (κ3) is 4.52. The Morgan fingerprint density at radius 1 is 0.963 bits per heavy atom. The Bertz CT molecular complexity index is 835. The summed E-state index contributed by atoms with van der Waals surface area (Å²) in [5.41, 5.74) is 8.70. The summed E-state index contributed by atoms with van der Waals surface area (Å²) in [7, 11) is 0. The van der Waals surface area contributed by atoms with Gasteiger partial charge in [0.25, 0.3) is 0 Å². The Morgan fingerprint density at radius 3 is 2.48 bits per heavy atom. The van der Waals surface area contributed by atoms with Crippen LogP contribution in [0.3, 0.4) is 0 Å². The number of hydrogen-bond donors (Lipinski definition) is 2. The molecule has 3 rings (SSSR count). The summed E-state index contributed by atoms with van der Waals surface area (Å²) in [6.07, 6.45) is 11.2. The number of amides is 1. The smallest absolute Gasteiger partial charge is 0.249 e. The van der Waals surface area contributed by atoms with Gasteiger partial charge in [0.2, 0.25) is 5.91 Å². The van der Waals surface area contributed by atoms with E-state index in [0.29, 0.717) is 0 Å². The van der Waals surface area contributed by atoms with Crippen molar-refractivity contribution < 1.29 is 4.79 Å². The molecular weight excluding hydrogens is 332 g/mol. The molecule has 0 saturated carbocycles. The molecule has 0 aromatic heterocycles. The van der Waals surface area contributed by atoms with Crippen molar-refractivity contribution in [1.29, 1.82) is 0 Å². The van der Waals surface area contributed by atoms with Crippen LogP contribution in [0.25, 0.3) is 16.8 Å². The number of nitrogens with one attached hydrogen (secondary N) is 2. The number of unbranched alkanes of at least 4 members (excludes halogenated alkanes) is 5. The normalized spacial score (nSPS) is 17.3. The van der Waals surface area contributed by atoms with Crippen molar-refractivity contribution in [1.82, 2.24) is 10.9 Å². The van der Waals surface area contributed by atoms with Crippen LogP contribution in [0.15, 0.2) is 42.1 Å². The van der Waals surface area contributed by atoms with E-state index in [2.05, 4.69) is 60.2 Å². The van der Waals surface area contributed by atoms with E-state index in [1.807, 2.05) is 13.8 Å². The maximum atomic E-state index is 12.0. The molecule has 0 bridgehead atoms. The van der Waals surface area contributed by atoms with Gasteiger partial charge >= 0.3 is 0 Å². The molecule has 2 N–H and O–H groups in total. The molecule has 0 unspecified atom stereocenters. The van der Waals surface area contributed by atoms with Crippen LogP contribution in [0.5, 0.6) is 0 Å². The standard InChI is InChI=1S/C24H32N2O/c1-4-5-6-7-8-9-11-18-14-15-21-19(16-18)12-10-13-20(21)17-22-24(2,3)23(27)26-25-22/h10,12-17,25H,4-9,11H2,1-3H3,(H,26,27)/b22-17-. The predicted octanol–water partition coefficient (Wildman–Crippen LogP) is 5.74. The van der Waals surface area contributed by atoms with Crippen molar-refractivity contribution in [2.45, 2.75) is 65.7 Å². The number of hydrogen-bond acceptors (Lipinski definition) is 2. The Balaban J connectivity index is 1.73. The van der Waals surface area contributed by atoms with Crippen molar-refractivity contribution in [2.24, 2.45) is 5.41 Å². The van der Waals surface area contributed by atoms with E-state index >= 15 is 0 Å². The van der Waals surface area contributed by atoms with Gasteiger partial charge in [0.05, 0.1) is 5.41 Å². The molecule has 1 aliphatic rings. The first-order valence-corrected chi connectivity index (χ1v) is 10.3. The third-order valence-corrected chi connectivity index (χ3v) is 5.65. The minimum Gasteiger partial charge on any atom is -0.302 e. The van der Waals surface area contributed by atoms with Crippen molar-refractivity contribution in [2.75, 3.05) is 0 Å². The van der Waals surface area contributed by atoms with Gasteiger partial charge in [-0.1, -0.05) is 75.4 Å². The lowest BCUT2D eigenvalue weighted by molar-refractivity contribution is -0.125. The molecule has 1 heterocycles. The monoisotopic (exact) mass is 364 g/mol. The molecule has 0 spiro atoms. The van der Waals surface area contributed by atoms with Gasteiger partial charge in [0.1, 0.15) is 0 Å². The zero-order valence-corrected chi connectivity index (χ0v) is 16.9. The van der Waals surface area contributed by atoms with Crippen LogP contribution in [0.1, 0.15) is 70.4 Å². The molecule has 3 heteroatoms. The molecule has 1 amide bonds. The number of hydrazine groups is 1. The highest BCUT2D eigenvalue weighted by molar-refractivity contribution is 5.94. The largest absolute Gasteiger partial charge is 0.302 e. The zero-order valence-electron chi connectivity index (χ0n) is 16.9. The molecule has 2 aromatic rings. The molecule has 0 radical (unpaired) electrons. The minimum atomic E-state index is -0.528. The highest BCUT2D eigenvalue weighted by Gasteiger charge is 2.37. The van der Waals surface area contributed by atoms with Gasteiger partial charge < -0.3 is 5.43 Å². The fourth-order valence-corrected chi connectivity index (χ4v) is 3.68. The Kier molecular flexibility index (Phi) is 6.20. The maximum absolute atomic E-state index is 12.0. The Morgan fingerprint density at radius 2 is 1.74 bits per heavy atom. The van der Waals surface area contributed by atoms with Crippen LogP contribution in [0, 0.1) is 5.41 Å². The molecule has 0 atom stereocenters. The topological polar surface area (TPSA) is 41.1 Å². The average Bonchev–Trinajstić information content (AvgIpc) is 2.91. The Hall–Kier alpha value is -2.29. The Labute approximate surface area is 163 Å². The second-order valence-electron chi connectivity index (χ2n) is 8.18. The average molecular weight is 365 g/mol. The van der Waals surface area contributed by atoms with Crippen molar-refractivity contribution in [3.63, 3.8) is 0 Å². The first-order chi connectivity index (χ1) is 13.0. The highest BCUT2D eigenvalue weighted by atomic mass is 16.2. The second-order valence-corrected chi connectivity index (χ2v) is 8.18. The SMILES string of the molecule is CCCCCCCCc1ccc2c(/C=C3\NNC(=O)C3(C)C)cccc2c1. The summed E-state index contributed by atoms with van der Waals surface area (Å²) in [5, 5.41) is 2.50. The predicted molar refractivity (Wildman–Crippen MR) is 114 cm³/mol. The van der Waals surface area contributed by atoms with Crippen LogP contribution in [-0.2, 0) is 11.2 Å². The van der Waals surface area contributed by atoms with E-state index < -0.39 is 5.41 Å². The summed E-state index contributed by atoms with van der Waals surface area (Å²) >= 11 is 0. The van der Waals surface area contributed by atoms with Gasteiger partial charge in [-0.25, -0.2) is 0 Å². The molecule has 27 heavy (non-hydrogen) atoms. The number of rotatable bonds is 8. The molecule has 1 saturated heterocycles. The molecule has 0 aliphatic carbocycles. The van der Waals surface area contributed by atoms with E-state index in [1.165, 1.54) is 54.9 Å². The van der Waals surface area contributed by atoms with Gasteiger partial charge in [0.15, 0.2) is 0 Å². The van der Waals surface area contributed by atoms with E-state index in [0.717, 1.165) is 17.7 Å². The van der Waals surface area contributed by atoms with Crippen LogP contribution >= 0.6 is 0 Å². The molecule has 3 nitrogen and oxygen atoms in total. The lowest BCUT2D eigenvalue weighted by Crippen LogP contribution is -2.28. The van der Waals surface area contributed by atoms with E-state index in [9.17, 15) is 4.79 Å². The van der Waals surface area contributed by atoms with Crippen molar-refractivity contribution >= 4 is 22.8 Å². The van der Waals surface area contributed by atoms with Gasteiger partial charge in [-0.2, -0.15) is 0 Å². The van der Waals surface area contributed by atoms with Gasteiger partial charge in [0, 0.05) is 5.70 Å². The third-order valence-electron chi connectivity index (χ3n) is 5.65. The van der Waals surface area contributed by atoms with Gasteiger partial charge in [-0.05, 0) is 54.7 Å². The van der Waals surface area contributed by atoms with Gasteiger partial charge in [-0.15, -0.1) is 0 Å². The summed E-state index contributed by atoms with van der Waals surface area (Å²) in [6.45, 7) is 6.15. The number of aryl methyl sites for hydroxylation is 1. The first-order valence-electron chi connectivity index (χ1n) is 10.3. The van der Waals surface area contributed by atoms with E-state index in [1.54, 1.807) is 0 Å². The lowest BCUT2D eigenvalue weighted by Gasteiger charge is -2.15. The van der Waals surface area contributed by atoms with Crippen LogP contribution in [0.4, 0.5) is 0 Å². The molecule has 1 fully saturated rings. The van der Waals surface area contributed by atoms with Gasteiger partial charge in [-0.3, -0.25) is 10.2 Å². The summed E-state index contributed by atoms with van der Waals surface area (Å²) in [4.78, 5) is 12.0. The fraction of sp³-hybridized carbons (Fsp3) is 0.458. The number of carbonyl (C=O) groups is 1. The molecule has 144 valence electrons. The summed E-state index contributed by atoms with van der Waals surface area (Å²) in [6, 6.07) is 13.2. The zero-order chi connectivity index (χ0) is 19.3. The molecule has 1 aliphatic heterocycles. The van der Waals surface area contributed by atoms with Crippen molar-refractivity contribution in [3.05, 3.63) is 53.2 Å². The minimum absolute atomic E-state index is 0.00945. The number of fused-ring (bicyclic) bond motifs is 1. The summed E-state index contributed by atoms with van der Waals surface area (Å²) in [5.74, 6) is 0.00945.